The first kappa shape index (κ1) is 24.3. The van der Waals surface area contributed by atoms with E-state index in [1.807, 2.05) is 70.2 Å². The van der Waals surface area contributed by atoms with E-state index >= 15 is 0 Å². The Bertz CT molecular complexity index is 1360. The monoisotopic (exact) mass is 584 g/mol. The molecule has 1 fully saturated rings. The fraction of sp³-hybridized carbons (Fsp3) is 0.185. The molecular weight excluding hydrogens is 559 g/mol. The van der Waals surface area contributed by atoms with Crippen molar-refractivity contribution < 1.29 is 14.6 Å². The number of amides is 1. The number of hydrogen-bond acceptors (Lipinski definition) is 5. The number of phenols is 1. The number of hydrogen-bond donors (Lipinski definition) is 1. The van der Waals surface area contributed by atoms with Crippen molar-refractivity contribution >= 4 is 62.9 Å². The zero-order valence-corrected chi connectivity index (χ0v) is 22.6. The minimum Gasteiger partial charge on any atom is -0.504 e. The first-order valence-electron chi connectivity index (χ1n) is 10.7. The summed E-state index contributed by atoms with van der Waals surface area (Å²) in [4.78, 5) is 20.9. The highest BCUT2D eigenvalue weighted by Gasteiger charge is 2.35. The molecule has 1 N–H and O–H groups in total. The first-order valence-corrected chi connectivity index (χ1v) is 12.6. The lowest BCUT2D eigenvalue weighted by Gasteiger charge is -2.19. The molecule has 0 saturated carbocycles. The Hall–Kier alpha value is -2.78. The number of methoxy groups -OCH3 is 1. The molecule has 5 nitrogen and oxygen atoms in total. The van der Waals surface area contributed by atoms with Crippen molar-refractivity contribution in [1.82, 2.24) is 0 Å². The molecule has 1 heterocycles. The predicted octanol–water partition coefficient (Wildman–Crippen LogP) is 7.05. The van der Waals surface area contributed by atoms with Crippen LogP contribution in [0.1, 0.15) is 27.8 Å². The number of nitrogens with zero attached hydrogens (tertiary/aromatic N) is 2. The molecular formula is C27H25IN2O3S. The second-order valence-electron chi connectivity index (χ2n) is 8.28. The fourth-order valence-corrected chi connectivity index (χ4v) is 5.26. The standard InChI is InChI=1S/C27H25IN2O3S/c1-15-6-8-17(3)21(10-15)29-27-30(22-11-16(2)7-9-18(22)4)26(32)24(34-27)14-19-12-20(28)25(31)23(13-19)33-5/h6-14,31H,1-5H3/b24-14-,29-27?. The minimum atomic E-state index is -0.134. The number of halogens is 1. The third kappa shape index (κ3) is 4.86. The number of carbonyl (C=O) groups excluding carboxylic acids is 1. The maximum Gasteiger partial charge on any atom is 0.271 e. The SMILES string of the molecule is COc1cc(/C=C2\SC(=Nc3cc(C)ccc3C)N(c3cc(C)ccc3C)C2=O)cc(I)c1O. The topological polar surface area (TPSA) is 62.1 Å². The second kappa shape index (κ2) is 9.84. The smallest absolute Gasteiger partial charge is 0.271 e. The van der Waals surface area contributed by atoms with Crippen LogP contribution in [0.2, 0.25) is 0 Å². The molecule has 1 aliphatic heterocycles. The van der Waals surface area contributed by atoms with E-state index in [4.69, 9.17) is 9.73 Å². The molecule has 0 atom stereocenters. The summed E-state index contributed by atoms with van der Waals surface area (Å²) in [6.07, 6.45) is 1.82. The summed E-state index contributed by atoms with van der Waals surface area (Å²) in [7, 11) is 1.51. The number of ether oxygens (including phenoxy) is 1. The molecule has 0 bridgehead atoms. The maximum atomic E-state index is 13.7. The fourth-order valence-electron chi connectivity index (χ4n) is 3.65. The zero-order valence-electron chi connectivity index (χ0n) is 19.6. The third-order valence-corrected chi connectivity index (χ3v) is 7.35. The molecule has 1 aliphatic rings. The number of benzene rings is 3. The van der Waals surface area contributed by atoms with E-state index < -0.39 is 0 Å². The molecule has 1 saturated heterocycles. The van der Waals surface area contributed by atoms with Crippen LogP contribution >= 0.6 is 34.4 Å². The van der Waals surface area contributed by atoms with Gasteiger partial charge in [0.25, 0.3) is 5.91 Å². The molecule has 174 valence electrons. The van der Waals surface area contributed by atoms with Gasteiger partial charge in [-0.3, -0.25) is 9.69 Å². The molecule has 1 amide bonds. The summed E-state index contributed by atoms with van der Waals surface area (Å²) in [5.74, 6) is 0.319. The van der Waals surface area contributed by atoms with Gasteiger partial charge in [0, 0.05) is 0 Å². The number of carbonyl (C=O) groups is 1. The van der Waals surface area contributed by atoms with E-state index in [9.17, 15) is 9.90 Å². The van der Waals surface area contributed by atoms with Crippen LogP contribution in [0.25, 0.3) is 6.08 Å². The lowest BCUT2D eigenvalue weighted by molar-refractivity contribution is -0.113. The van der Waals surface area contributed by atoms with Crippen molar-refractivity contribution in [1.29, 1.82) is 0 Å². The quantitative estimate of drug-likeness (QED) is 0.264. The molecule has 7 heteroatoms. The van der Waals surface area contributed by atoms with Crippen LogP contribution in [0.4, 0.5) is 11.4 Å². The molecule has 3 aromatic carbocycles. The number of aliphatic imine (C=N–C) groups is 1. The average Bonchev–Trinajstić information content (AvgIpc) is 3.09. The molecule has 0 unspecified atom stereocenters. The van der Waals surface area contributed by atoms with Gasteiger partial charge in [-0.05, 0) is 120 Å². The molecule has 34 heavy (non-hydrogen) atoms. The van der Waals surface area contributed by atoms with Crippen LogP contribution in [0, 0.1) is 31.3 Å². The van der Waals surface area contributed by atoms with Gasteiger partial charge in [-0.15, -0.1) is 0 Å². The predicted molar refractivity (Wildman–Crippen MR) is 149 cm³/mol. The molecule has 4 rings (SSSR count). The number of rotatable bonds is 4. The van der Waals surface area contributed by atoms with Crippen molar-refractivity contribution in [3.63, 3.8) is 0 Å². The van der Waals surface area contributed by atoms with Gasteiger partial charge in [0.15, 0.2) is 16.7 Å². The Labute approximate surface area is 217 Å². The number of aromatic hydroxyl groups is 1. The summed E-state index contributed by atoms with van der Waals surface area (Å²) >= 11 is 3.40. The van der Waals surface area contributed by atoms with Crippen LogP contribution in [0.5, 0.6) is 11.5 Å². The van der Waals surface area contributed by atoms with E-state index in [1.54, 1.807) is 11.0 Å². The van der Waals surface area contributed by atoms with E-state index in [0.29, 0.717) is 19.4 Å². The lowest BCUT2D eigenvalue weighted by atomic mass is 10.1. The van der Waals surface area contributed by atoms with Gasteiger partial charge in [-0.2, -0.15) is 0 Å². The van der Waals surface area contributed by atoms with Gasteiger partial charge in [-0.25, -0.2) is 4.99 Å². The Morgan fingerprint density at radius 3 is 2.38 bits per heavy atom. The molecule has 3 aromatic rings. The van der Waals surface area contributed by atoms with E-state index in [1.165, 1.54) is 18.9 Å². The van der Waals surface area contributed by atoms with E-state index in [0.717, 1.165) is 39.2 Å². The lowest BCUT2D eigenvalue weighted by Crippen LogP contribution is -2.29. The second-order valence-corrected chi connectivity index (χ2v) is 10.5. The van der Waals surface area contributed by atoms with Gasteiger partial charge in [0.2, 0.25) is 0 Å². The largest absolute Gasteiger partial charge is 0.504 e. The highest BCUT2D eigenvalue weighted by Crippen LogP contribution is 2.40. The Morgan fingerprint density at radius 1 is 1.00 bits per heavy atom. The van der Waals surface area contributed by atoms with Gasteiger partial charge in [0.1, 0.15) is 0 Å². The normalized spacial score (nSPS) is 16.1. The maximum absolute atomic E-state index is 13.7. The third-order valence-electron chi connectivity index (χ3n) is 5.56. The molecule has 0 spiro atoms. The van der Waals surface area contributed by atoms with Crippen LogP contribution < -0.4 is 9.64 Å². The van der Waals surface area contributed by atoms with Crippen LogP contribution in [0.15, 0.2) is 58.4 Å². The number of amidine groups is 1. The van der Waals surface area contributed by atoms with E-state index in [2.05, 4.69) is 28.7 Å². The van der Waals surface area contributed by atoms with Gasteiger partial charge in [0.05, 0.1) is 27.0 Å². The molecule has 0 aliphatic carbocycles. The summed E-state index contributed by atoms with van der Waals surface area (Å²) in [5.41, 5.74) is 6.65. The summed E-state index contributed by atoms with van der Waals surface area (Å²) in [6.45, 7) is 8.06. The number of aryl methyl sites for hydroxylation is 4. The van der Waals surface area contributed by atoms with Crippen molar-refractivity contribution in [3.8, 4) is 11.5 Å². The van der Waals surface area contributed by atoms with Crippen molar-refractivity contribution in [2.24, 2.45) is 4.99 Å². The van der Waals surface area contributed by atoms with Crippen LogP contribution in [-0.4, -0.2) is 23.3 Å². The first-order chi connectivity index (χ1) is 16.2. The highest BCUT2D eigenvalue weighted by atomic mass is 127. The van der Waals surface area contributed by atoms with Crippen molar-refractivity contribution in [2.75, 3.05) is 12.0 Å². The Balaban J connectivity index is 1.86. The summed E-state index contributed by atoms with van der Waals surface area (Å²) < 4.78 is 5.94. The van der Waals surface area contributed by atoms with Gasteiger partial charge in [-0.1, -0.05) is 24.3 Å². The number of anilines is 1. The van der Waals surface area contributed by atoms with E-state index in [-0.39, 0.29) is 11.7 Å². The van der Waals surface area contributed by atoms with Gasteiger partial charge >= 0.3 is 0 Å². The number of thioether (sulfide) groups is 1. The average molecular weight is 584 g/mol. The Morgan fingerprint density at radius 2 is 1.68 bits per heavy atom. The zero-order chi connectivity index (χ0) is 24.6. The molecule has 0 radical (unpaired) electrons. The highest BCUT2D eigenvalue weighted by molar-refractivity contribution is 14.1. The van der Waals surface area contributed by atoms with Crippen LogP contribution in [-0.2, 0) is 4.79 Å². The molecule has 0 aromatic heterocycles. The van der Waals surface area contributed by atoms with Crippen molar-refractivity contribution in [2.45, 2.75) is 27.7 Å². The number of phenolic OH excluding ortho intramolecular Hbond substituents is 1. The summed E-state index contributed by atoms with van der Waals surface area (Å²) in [5, 5.41) is 10.8. The van der Waals surface area contributed by atoms with Gasteiger partial charge < -0.3 is 9.84 Å². The van der Waals surface area contributed by atoms with Crippen molar-refractivity contribution in [3.05, 3.63) is 84.8 Å². The van der Waals surface area contributed by atoms with Crippen LogP contribution in [0.3, 0.4) is 0 Å². The Kier molecular flexibility index (Phi) is 7.04. The summed E-state index contributed by atoms with van der Waals surface area (Å²) in [6, 6.07) is 15.7. The minimum absolute atomic E-state index is 0.0878.